The minimum Gasteiger partial charge on any atom is -0.465 e. The minimum atomic E-state index is -0.525. The number of likely N-dealkylation sites (tertiary alicyclic amines) is 1. The molecule has 2 aromatic rings. The van der Waals surface area contributed by atoms with E-state index < -0.39 is 11.6 Å². The monoisotopic (exact) mass is 441 g/mol. The number of rotatable bonds is 4. The fourth-order valence-corrected chi connectivity index (χ4v) is 3.75. The summed E-state index contributed by atoms with van der Waals surface area (Å²) in [7, 11) is 1.32. The van der Waals surface area contributed by atoms with E-state index in [0.29, 0.717) is 30.0 Å². The summed E-state index contributed by atoms with van der Waals surface area (Å²) in [6.07, 6.45) is 3.04. The molecule has 1 saturated heterocycles. The third-order valence-corrected chi connectivity index (χ3v) is 5.43. The zero-order chi connectivity index (χ0) is 23.5. The van der Waals surface area contributed by atoms with E-state index in [-0.39, 0.29) is 18.0 Å². The topological polar surface area (TPSA) is 89.9 Å². The van der Waals surface area contributed by atoms with Gasteiger partial charge in [-0.15, -0.1) is 0 Å². The van der Waals surface area contributed by atoms with E-state index in [1.165, 1.54) is 7.11 Å². The fraction of sp³-hybridized carbons (Fsp3) is 0.458. The van der Waals surface area contributed by atoms with Crippen LogP contribution in [0.15, 0.2) is 36.5 Å². The number of methoxy groups -OCH3 is 1. The highest BCUT2D eigenvalue weighted by molar-refractivity contribution is 6.04. The lowest BCUT2D eigenvalue weighted by atomic mass is 10.0. The maximum Gasteiger partial charge on any atom is 0.410 e. The normalized spacial score (nSPS) is 14.7. The third-order valence-electron chi connectivity index (χ3n) is 5.43. The standard InChI is InChI=1S/C24H31N3O5/c1-16-8-9-17(22(29)31-5)15-19(16)25-21(28)20-7-6-12-27(20)18-10-13-26(14-11-18)23(30)32-24(2,3)4/h6-9,12,15,18H,10-11,13-14H2,1-5H3,(H,25,28). The number of hydrogen-bond acceptors (Lipinski definition) is 5. The Kier molecular flexibility index (Phi) is 6.91. The van der Waals surface area contributed by atoms with Gasteiger partial charge in [0, 0.05) is 31.0 Å². The van der Waals surface area contributed by atoms with Crippen LogP contribution in [0.5, 0.6) is 0 Å². The highest BCUT2D eigenvalue weighted by Crippen LogP contribution is 2.27. The molecule has 3 rings (SSSR count). The molecule has 1 aromatic heterocycles. The van der Waals surface area contributed by atoms with Crippen LogP contribution in [0.2, 0.25) is 0 Å². The summed E-state index contributed by atoms with van der Waals surface area (Å²) >= 11 is 0. The van der Waals surface area contributed by atoms with Crippen molar-refractivity contribution in [2.45, 2.75) is 52.2 Å². The maximum absolute atomic E-state index is 13.0. The average Bonchev–Trinajstić information content (AvgIpc) is 3.23. The summed E-state index contributed by atoms with van der Waals surface area (Å²) in [6, 6.07) is 8.77. The van der Waals surface area contributed by atoms with Gasteiger partial charge in [0.05, 0.1) is 12.7 Å². The smallest absolute Gasteiger partial charge is 0.410 e. The van der Waals surface area contributed by atoms with Gasteiger partial charge in [0.2, 0.25) is 0 Å². The molecule has 0 atom stereocenters. The molecule has 0 aliphatic carbocycles. The highest BCUT2D eigenvalue weighted by atomic mass is 16.6. The number of piperidine rings is 1. The van der Waals surface area contributed by atoms with Crippen LogP contribution in [0.3, 0.4) is 0 Å². The number of carbonyl (C=O) groups excluding carboxylic acids is 3. The lowest BCUT2D eigenvalue weighted by Crippen LogP contribution is -2.42. The van der Waals surface area contributed by atoms with Crippen LogP contribution in [0, 0.1) is 6.92 Å². The minimum absolute atomic E-state index is 0.104. The first-order chi connectivity index (χ1) is 15.1. The van der Waals surface area contributed by atoms with Crippen LogP contribution in [-0.4, -0.2) is 53.2 Å². The summed E-state index contributed by atoms with van der Waals surface area (Å²) in [4.78, 5) is 38.9. The van der Waals surface area contributed by atoms with Crippen molar-refractivity contribution < 1.29 is 23.9 Å². The van der Waals surface area contributed by atoms with Crippen LogP contribution >= 0.6 is 0 Å². The number of nitrogens with zero attached hydrogens (tertiary/aromatic N) is 2. The first-order valence-electron chi connectivity index (χ1n) is 10.7. The molecule has 32 heavy (non-hydrogen) atoms. The van der Waals surface area contributed by atoms with Crippen molar-refractivity contribution in [3.8, 4) is 0 Å². The van der Waals surface area contributed by atoms with Crippen molar-refractivity contribution in [2.75, 3.05) is 25.5 Å². The van der Waals surface area contributed by atoms with Crippen LogP contribution in [0.1, 0.15) is 66.1 Å². The molecule has 1 aliphatic heterocycles. The van der Waals surface area contributed by atoms with Crippen LogP contribution in [0.25, 0.3) is 0 Å². The van der Waals surface area contributed by atoms with Crippen molar-refractivity contribution >= 4 is 23.7 Å². The molecule has 2 heterocycles. The van der Waals surface area contributed by atoms with Gasteiger partial charge >= 0.3 is 12.1 Å². The van der Waals surface area contributed by atoms with Gasteiger partial charge < -0.3 is 24.3 Å². The Labute approximate surface area is 188 Å². The summed E-state index contributed by atoms with van der Waals surface area (Å²) in [5, 5.41) is 2.91. The molecule has 8 heteroatoms. The molecule has 1 aromatic carbocycles. The highest BCUT2D eigenvalue weighted by Gasteiger charge is 2.28. The van der Waals surface area contributed by atoms with E-state index in [1.54, 1.807) is 29.2 Å². The number of ether oxygens (including phenoxy) is 2. The predicted octanol–water partition coefficient (Wildman–Crippen LogP) is 4.41. The van der Waals surface area contributed by atoms with Crippen molar-refractivity contribution in [1.29, 1.82) is 0 Å². The Morgan fingerprint density at radius 2 is 1.78 bits per heavy atom. The number of benzene rings is 1. The van der Waals surface area contributed by atoms with Crippen LogP contribution in [-0.2, 0) is 9.47 Å². The summed E-state index contributed by atoms with van der Waals surface area (Å²) < 4.78 is 12.2. The molecule has 1 N–H and O–H groups in total. The zero-order valence-corrected chi connectivity index (χ0v) is 19.3. The molecule has 2 amide bonds. The van der Waals surface area contributed by atoms with Gasteiger partial charge in [-0.25, -0.2) is 9.59 Å². The first kappa shape index (κ1) is 23.4. The number of hydrogen-bond donors (Lipinski definition) is 1. The number of anilines is 1. The molecule has 1 fully saturated rings. The van der Waals surface area contributed by atoms with Gasteiger partial charge in [-0.1, -0.05) is 6.07 Å². The Morgan fingerprint density at radius 3 is 2.41 bits per heavy atom. The molecule has 172 valence electrons. The molecular weight excluding hydrogens is 410 g/mol. The number of esters is 1. The molecule has 0 bridgehead atoms. The number of carbonyl (C=O) groups is 3. The number of amides is 2. The first-order valence-corrected chi connectivity index (χ1v) is 10.7. The average molecular weight is 442 g/mol. The van der Waals surface area contributed by atoms with Crippen LogP contribution < -0.4 is 5.32 Å². The Morgan fingerprint density at radius 1 is 1.09 bits per heavy atom. The molecule has 0 saturated carbocycles. The van der Waals surface area contributed by atoms with E-state index in [0.717, 1.165) is 18.4 Å². The second-order valence-electron chi connectivity index (χ2n) is 8.97. The van der Waals surface area contributed by atoms with E-state index in [4.69, 9.17) is 9.47 Å². The second-order valence-corrected chi connectivity index (χ2v) is 8.97. The number of aromatic nitrogens is 1. The van der Waals surface area contributed by atoms with E-state index in [9.17, 15) is 14.4 Å². The SMILES string of the molecule is COC(=O)c1ccc(C)c(NC(=O)c2cccn2C2CCN(C(=O)OC(C)(C)C)CC2)c1. The molecule has 1 aliphatic rings. The van der Waals surface area contributed by atoms with Gasteiger partial charge in [-0.3, -0.25) is 4.79 Å². The molecular formula is C24H31N3O5. The van der Waals surface area contributed by atoms with Gasteiger partial charge in [0.25, 0.3) is 5.91 Å². The largest absolute Gasteiger partial charge is 0.465 e. The zero-order valence-electron chi connectivity index (χ0n) is 19.3. The lowest BCUT2D eigenvalue weighted by molar-refractivity contribution is 0.0187. The Balaban J connectivity index is 1.68. The maximum atomic E-state index is 13.0. The van der Waals surface area contributed by atoms with E-state index in [2.05, 4.69) is 5.32 Å². The van der Waals surface area contributed by atoms with Crippen molar-refractivity contribution in [2.24, 2.45) is 0 Å². The molecule has 0 radical (unpaired) electrons. The summed E-state index contributed by atoms with van der Waals surface area (Å²) in [5.41, 5.74) is 1.78. The van der Waals surface area contributed by atoms with Gasteiger partial charge in [-0.2, -0.15) is 0 Å². The van der Waals surface area contributed by atoms with Gasteiger partial charge in [0.1, 0.15) is 11.3 Å². The van der Waals surface area contributed by atoms with Crippen molar-refractivity contribution in [1.82, 2.24) is 9.47 Å². The Hall–Kier alpha value is -3.29. The molecule has 8 nitrogen and oxygen atoms in total. The Bertz CT molecular complexity index is 997. The lowest BCUT2D eigenvalue weighted by Gasteiger charge is -2.34. The summed E-state index contributed by atoms with van der Waals surface area (Å²) in [6.45, 7) is 8.56. The molecule has 0 spiro atoms. The van der Waals surface area contributed by atoms with Gasteiger partial charge in [0.15, 0.2) is 0 Å². The molecule has 0 unspecified atom stereocenters. The second kappa shape index (κ2) is 9.46. The van der Waals surface area contributed by atoms with Crippen LogP contribution in [0.4, 0.5) is 10.5 Å². The van der Waals surface area contributed by atoms with E-state index in [1.807, 2.05) is 44.5 Å². The van der Waals surface area contributed by atoms with Gasteiger partial charge in [-0.05, 0) is 70.4 Å². The fourth-order valence-electron chi connectivity index (χ4n) is 3.75. The van der Waals surface area contributed by atoms with Crippen molar-refractivity contribution in [3.63, 3.8) is 0 Å². The third kappa shape index (κ3) is 5.49. The number of aryl methyl sites for hydroxylation is 1. The number of nitrogens with one attached hydrogen (secondary N) is 1. The quantitative estimate of drug-likeness (QED) is 0.710. The summed E-state index contributed by atoms with van der Waals surface area (Å²) in [5.74, 6) is -0.713. The van der Waals surface area contributed by atoms with E-state index >= 15 is 0 Å². The van der Waals surface area contributed by atoms with Crippen molar-refractivity contribution in [3.05, 3.63) is 53.3 Å². The predicted molar refractivity (Wildman–Crippen MR) is 121 cm³/mol.